The van der Waals surface area contributed by atoms with E-state index in [1.807, 2.05) is 18.2 Å². The number of methoxy groups -OCH3 is 1. The number of anilines is 2. The predicted octanol–water partition coefficient (Wildman–Crippen LogP) is 3.21. The maximum Gasteiger partial charge on any atom is 0.260 e. The van der Waals surface area contributed by atoms with E-state index in [2.05, 4.69) is 0 Å². The first-order valence-electron chi connectivity index (χ1n) is 6.00. The largest absolute Gasteiger partial charge is 0.495 e. The van der Waals surface area contributed by atoms with Crippen LogP contribution in [0.5, 0.6) is 5.75 Å². The number of halogens is 1. The van der Waals surface area contributed by atoms with Gasteiger partial charge in [-0.3, -0.25) is 4.79 Å². The third-order valence-corrected chi connectivity index (χ3v) is 3.23. The molecule has 0 aromatic heterocycles. The molecule has 4 nitrogen and oxygen atoms in total. The second kappa shape index (κ2) is 5.84. The third kappa shape index (κ3) is 2.70. The van der Waals surface area contributed by atoms with Gasteiger partial charge in [-0.1, -0.05) is 23.7 Å². The summed E-state index contributed by atoms with van der Waals surface area (Å²) >= 11 is 5.84. The smallest absolute Gasteiger partial charge is 0.260 e. The molecular weight excluding hydrogens is 276 g/mol. The van der Waals surface area contributed by atoms with Crippen LogP contribution >= 0.6 is 11.6 Å². The van der Waals surface area contributed by atoms with Gasteiger partial charge in [0.15, 0.2) is 0 Å². The Morgan fingerprint density at radius 1 is 1.25 bits per heavy atom. The zero-order chi connectivity index (χ0) is 14.7. The van der Waals surface area contributed by atoms with Gasteiger partial charge in [-0.15, -0.1) is 0 Å². The van der Waals surface area contributed by atoms with Gasteiger partial charge in [-0.25, -0.2) is 0 Å². The van der Waals surface area contributed by atoms with E-state index in [0.29, 0.717) is 27.7 Å². The molecule has 0 aliphatic rings. The lowest BCUT2D eigenvalue weighted by Crippen LogP contribution is -2.27. The van der Waals surface area contributed by atoms with E-state index in [-0.39, 0.29) is 5.91 Å². The van der Waals surface area contributed by atoms with Gasteiger partial charge in [0.05, 0.1) is 18.4 Å². The molecule has 0 aliphatic carbocycles. The fourth-order valence-corrected chi connectivity index (χ4v) is 2.11. The molecule has 0 aliphatic heterocycles. The Morgan fingerprint density at radius 2 is 1.95 bits per heavy atom. The molecular formula is C15H15ClN2O2. The van der Waals surface area contributed by atoms with Crippen molar-refractivity contribution in [1.82, 2.24) is 0 Å². The van der Waals surface area contributed by atoms with E-state index in [1.54, 1.807) is 38.4 Å². The highest BCUT2D eigenvalue weighted by Gasteiger charge is 2.18. The number of nitrogens with two attached hydrogens (primary N) is 1. The van der Waals surface area contributed by atoms with Gasteiger partial charge in [0.1, 0.15) is 5.75 Å². The quantitative estimate of drug-likeness (QED) is 0.883. The minimum absolute atomic E-state index is 0.219. The highest BCUT2D eigenvalue weighted by molar-refractivity contribution is 6.31. The lowest BCUT2D eigenvalue weighted by Gasteiger charge is -2.20. The number of benzene rings is 2. The zero-order valence-electron chi connectivity index (χ0n) is 11.3. The maximum atomic E-state index is 12.5. The Balaban J connectivity index is 2.37. The fraction of sp³-hybridized carbons (Fsp3) is 0.133. The van der Waals surface area contributed by atoms with Crippen molar-refractivity contribution >= 4 is 28.9 Å². The number of carbonyl (C=O) groups excluding carboxylic acids is 1. The third-order valence-electron chi connectivity index (χ3n) is 3.00. The van der Waals surface area contributed by atoms with Crippen LogP contribution in [0.3, 0.4) is 0 Å². The van der Waals surface area contributed by atoms with Gasteiger partial charge in [-0.05, 0) is 30.3 Å². The van der Waals surface area contributed by atoms with Crippen molar-refractivity contribution in [2.75, 3.05) is 24.8 Å². The number of rotatable bonds is 3. The van der Waals surface area contributed by atoms with Crippen LogP contribution in [0.2, 0.25) is 5.02 Å². The summed E-state index contributed by atoms with van der Waals surface area (Å²) in [5.41, 5.74) is 7.28. The van der Waals surface area contributed by atoms with Crippen LogP contribution in [-0.4, -0.2) is 20.1 Å². The number of nitrogens with zero attached hydrogens (tertiary/aromatic N) is 1. The van der Waals surface area contributed by atoms with E-state index in [1.165, 1.54) is 4.90 Å². The van der Waals surface area contributed by atoms with Gasteiger partial charge in [-0.2, -0.15) is 0 Å². The minimum Gasteiger partial charge on any atom is -0.495 e. The summed E-state index contributed by atoms with van der Waals surface area (Å²) in [5, 5.41) is 0.499. The molecule has 0 spiro atoms. The van der Waals surface area contributed by atoms with E-state index >= 15 is 0 Å². The average Bonchev–Trinajstić information content (AvgIpc) is 2.45. The Bertz CT molecular complexity index is 644. The van der Waals surface area contributed by atoms with Crippen molar-refractivity contribution in [2.24, 2.45) is 0 Å². The van der Waals surface area contributed by atoms with Gasteiger partial charge in [0.25, 0.3) is 5.91 Å². The van der Waals surface area contributed by atoms with Gasteiger partial charge in [0, 0.05) is 17.8 Å². The normalized spacial score (nSPS) is 10.2. The Morgan fingerprint density at radius 3 is 2.60 bits per heavy atom. The second-order valence-corrected chi connectivity index (χ2v) is 4.70. The first-order valence-corrected chi connectivity index (χ1v) is 6.38. The topological polar surface area (TPSA) is 55.6 Å². The minimum atomic E-state index is -0.219. The number of para-hydroxylation sites is 2. The number of hydrogen-bond acceptors (Lipinski definition) is 3. The molecule has 104 valence electrons. The van der Waals surface area contributed by atoms with Gasteiger partial charge in [0.2, 0.25) is 0 Å². The monoisotopic (exact) mass is 290 g/mol. The first-order chi connectivity index (χ1) is 9.54. The summed E-state index contributed by atoms with van der Waals surface area (Å²) in [4.78, 5) is 14.0. The first kappa shape index (κ1) is 14.2. The number of carbonyl (C=O) groups is 1. The summed E-state index contributed by atoms with van der Waals surface area (Å²) < 4.78 is 5.26. The number of ether oxygens (including phenoxy) is 1. The van der Waals surface area contributed by atoms with Crippen LogP contribution in [0.4, 0.5) is 11.4 Å². The lowest BCUT2D eigenvalue weighted by molar-refractivity contribution is 0.0993. The van der Waals surface area contributed by atoms with Crippen molar-refractivity contribution in [2.45, 2.75) is 0 Å². The molecule has 0 heterocycles. The summed E-state index contributed by atoms with van der Waals surface area (Å²) in [6.07, 6.45) is 0. The Labute approximate surface area is 122 Å². The average molecular weight is 291 g/mol. The highest BCUT2D eigenvalue weighted by atomic mass is 35.5. The zero-order valence-corrected chi connectivity index (χ0v) is 12.0. The van der Waals surface area contributed by atoms with Crippen molar-refractivity contribution in [1.29, 1.82) is 0 Å². The molecule has 2 aromatic rings. The second-order valence-electron chi connectivity index (χ2n) is 4.27. The SMILES string of the molecule is COc1ccccc1N(C)C(=O)c1ccc(Cl)cc1N. The number of nitrogen functional groups attached to an aromatic ring is 1. The Hall–Kier alpha value is -2.20. The fourth-order valence-electron chi connectivity index (χ4n) is 1.93. The summed E-state index contributed by atoms with van der Waals surface area (Å²) in [5.74, 6) is 0.402. The summed E-state index contributed by atoms with van der Waals surface area (Å²) in [7, 11) is 3.24. The van der Waals surface area contributed by atoms with Crippen LogP contribution in [0.1, 0.15) is 10.4 Å². The van der Waals surface area contributed by atoms with Crippen molar-refractivity contribution < 1.29 is 9.53 Å². The molecule has 2 rings (SSSR count). The maximum absolute atomic E-state index is 12.5. The van der Waals surface area contributed by atoms with Crippen LogP contribution in [0.25, 0.3) is 0 Å². The molecule has 0 saturated carbocycles. The van der Waals surface area contributed by atoms with Crippen LogP contribution < -0.4 is 15.4 Å². The molecule has 2 aromatic carbocycles. The molecule has 1 amide bonds. The van der Waals surface area contributed by atoms with Crippen LogP contribution in [-0.2, 0) is 0 Å². The molecule has 5 heteroatoms. The van der Waals surface area contributed by atoms with Crippen molar-refractivity contribution in [3.05, 3.63) is 53.1 Å². The molecule has 0 saturated heterocycles. The molecule has 0 unspecified atom stereocenters. The van der Waals surface area contributed by atoms with Crippen molar-refractivity contribution in [3.63, 3.8) is 0 Å². The van der Waals surface area contributed by atoms with Crippen LogP contribution in [0, 0.1) is 0 Å². The lowest BCUT2D eigenvalue weighted by atomic mass is 10.1. The molecule has 20 heavy (non-hydrogen) atoms. The van der Waals surface area contributed by atoms with E-state index in [0.717, 1.165) is 0 Å². The standard InChI is InChI=1S/C15H15ClN2O2/c1-18(13-5-3-4-6-14(13)20-2)15(19)11-8-7-10(16)9-12(11)17/h3-9H,17H2,1-2H3. The van der Waals surface area contributed by atoms with E-state index in [4.69, 9.17) is 22.1 Å². The van der Waals surface area contributed by atoms with Gasteiger partial charge < -0.3 is 15.4 Å². The van der Waals surface area contributed by atoms with Crippen LogP contribution in [0.15, 0.2) is 42.5 Å². The van der Waals surface area contributed by atoms with E-state index < -0.39 is 0 Å². The predicted molar refractivity (Wildman–Crippen MR) is 81.6 cm³/mol. The Kier molecular flexibility index (Phi) is 4.15. The molecule has 0 atom stereocenters. The van der Waals surface area contributed by atoms with Gasteiger partial charge >= 0.3 is 0 Å². The molecule has 2 N–H and O–H groups in total. The number of hydrogen-bond donors (Lipinski definition) is 1. The molecule has 0 radical (unpaired) electrons. The van der Waals surface area contributed by atoms with Crippen molar-refractivity contribution in [3.8, 4) is 5.75 Å². The van der Waals surface area contributed by atoms with E-state index in [9.17, 15) is 4.79 Å². The summed E-state index contributed by atoms with van der Waals surface area (Å²) in [6, 6.07) is 12.1. The highest BCUT2D eigenvalue weighted by Crippen LogP contribution is 2.29. The molecule has 0 fully saturated rings. The molecule has 0 bridgehead atoms. The number of amides is 1. The summed E-state index contributed by atoms with van der Waals surface area (Å²) in [6.45, 7) is 0.